The van der Waals surface area contributed by atoms with Crippen molar-refractivity contribution in [2.75, 3.05) is 24.5 Å². The summed E-state index contributed by atoms with van der Waals surface area (Å²) >= 11 is 1.54. The minimum atomic E-state index is -0.0816. The number of carbonyl (C=O) groups is 1. The van der Waals surface area contributed by atoms with E-state index in [-0.39, 0.29) is 5.91 Å². The third-order valence-electron chi connectivity index (χ3n) is 4.36. The molecule has 0 atom stereocenters. The molecule has 0 aliphatic rings. The van der Waals surface area contributed by atoms with Crippen LogP contribution >= 0.6 is 11.3 Å². The molecule has 0 radical (unpaired) electrons. The summed E-state index contributed by atoms with van der Waals surface area (Å²) in [5, 5.41) is 4.94. The van der Waals surface area contributed by atoms with E-state index in [1.54, 1.807) is 17.6 Å². The van der Waals surface area contributed by atoms with Gasteiger partial charge < -0.3 is 15.0 Å². The molecule has 0 fully saturated rings. The lowest BCUT2D eigenvalue weighted by atomic mass is 10.2. The van der Waals surface area contributed by atoms with Gasteiger partial charge in [0, 0.05) is 36.3 Å². The Bertz CT molecular complexity index is 853. The number of nitrogens with zero attached hydrogens (tertiary/aromatic N) is 2. The zero-order chi connectivity index (χ0) is 19.6. The van der Waals surface area contributed by atoms with Crippen molar-refractivity contribution in [1.82, 2.24) is 10.3 Å². The van der Waals surface area contributed by atoms with E-state index in [1.165, 1.54) is 17.0 Å². The molecule has 0 bridgehead atoms. The van der Waals surface area contributed by atoms with Gasteiger partial charge in [0.05, 0.1) is 11.2 Å². The topological polar surface area (TPSA) is 54.5 Å². The standard InChI is InChI=1S/C22H25N3O2S/c1-2-25(20-9-4-3-5-10-20)13-7-12-23-22(26)18-8-6-11-21(14-18)27-15-19-16-28-17-24-19/h3-6,8-11,14,16-17H,2,7,12-13,15H2,1H3,(H,23,26). The zero-order valence-electron chi connectivity index (χ0n) is 16.0. The highest BCUT2D eigenvalue weighted by molar-refractivity contribution is 7.07. The first-order chi connectivity index (χ1) is 13.8. The Kier molecular flexibility index (Phi) is 7.44. The molecule has 1 aromatic heterocycles. The third-order valence-corrected chi connectivity index (χ3v) is 5.00. The predicted molar refractivity (Wildman–Crippen MR) is 114 cm³/mol. The van der Waals surface area contributed by atoms with Crippen molar-refractivity contribution in [3.8, 4) is 5.75 Å². The minimum absolute atomic E-state index is 0.0816. The second kappa shape index (κ2) is 10.5. The van der Waals surface area contributed by atoms with Crippen molar-refractivity contribution >= 4 is 22.9 Å². The Hall–Kier alpha value is -2.86. The molecule has 2 aromatic carbocycles. The lowest BCUT2D eigenvalue weighted by Gasteiger charge is -2.23. The summed E-state index contributed by atoms with van der Waals surface area (Å²) in [7, 11) is 0. The minimum Gasteiger partial charge on any atom is -0.487 e. The molecule has 0 aliphatic heterocycles. The van der Waals surface area contributed by atoms with E-state index >= 15 is 0 Å². The Morgan fingerprint density at radius 3 is 2.79 bits per heavy atom. The summed E-state index contributed by atoms with van der Waals surface area (Å²) in [5.41, 5.74) is 4.48. The molecule has 3 rings (SSSR count). The maximum absolute atomic E-state index is 12.4. The van der Waals surface area contributed by atoms with Crippen molar-refractivity contribution in [2.45, 2.75) is 20.0 Å². The van der Waals surface area contributed by atoms with Crippen LogP contribution in [0.4, 0.5) is 5.69 Å². The largest absolute Gasteiger partial charge is 0.487 e. The molecule has 6 heteroatoms. The summed E-state index contributed by atoms with van der Waals surface area (Å²) in [6, 6.07) is 17.6. The highest BCUT2D eigenvalue weighted by atomic mass is 32.1. The highest BCUT2D eigenvalue weighted by Crippen LogP contribution is 2.16. The van der Waals surface area contributed by atoms with Crippen LogP contribution in [0.2, 0.25) is 0 Å². The molecule has 0 saturated carbocycles. The van der Waals surface area contributed by atoms with E-state index in [0.29, 0.717) is 24.5 Å². The van der Waals surface area contributed by atoms with E-state index in [1.807, 2.05) is 35.7 Å². The number of para-hydroxylation sites is 1. The maximum atomic E-state index is 12.4. The van der Waals surface area contributed by atoms with Gasteiger partial charge in [0.15, 0.2) is 0 Å². The fraction of sp³-hybridized carbons (Fsp3) is 0.273. The molecule has 0 saturated heterocycles. The number of thiazole rings is 1. The van der Waals surface area contributed by atoms with E-state index in [2.05, 4.69) is 34.3 Å². The van der Waals surface area contributed by atoms with Crippen LogP contribution in [0, 0.1) is 0 Å². The summed E-state index contributed by atoms with van der Waals surface area (Å²) < 4.78 is 5.72. The van der Waals surface area contributed by atoms with Crippen molar-refractivity contribution in [3.05, 3.63) is 76.7 Å². The Balaban J connectivity index is 1.45. The van der Waals surface area contributed by atoms with Gasteiger partial charge in [0.25, 0.3) is 5.91 Å². The van der Waals surface area contributed by atoms with Crippen molar-refractivity contribution in [3.63, 3.8) is 0 Å². The molecular formula is C22H25N3O2S. The number of amides is 1. The predicted octanol–water partition coefficient (Wildman–Crippen LogP) is 4.37. The Morgan fingerprint density at radius 2 is 2.04 bits per heavy atom. The molecule has 0 unspecified atom stereocenters. The van der Waals surface area contributed by atoms with Crippen LogP contribution < -0.4 is 15.0 Å². The molecule has 28 heavy (non-hydrogen) atoms. The zero-order valence-corrected chi connectivity index (χ0v) is 16.8. The van der Waals surface area contributed by atoms with E-state index in [0.717, 1.165) is 25.2 Å². The number of hydrogen-bond acceptors (Lipinski definition) is 5. The van der Waals surface area contributed by atoms with Gasteiger partial charge in [-0.25, -0.2) is 4.98 Å². The SMILES string of the molecule is CCN(CCCNC(=O)c1cccc(OCc2cscn2)c1)c1ccccc1. The van der Waals surface area contributed by atoms with Gasteiger partial charge in [0.1, 0.15) is 12.4 Å². The highest BCUT2D eigenvalue weighted by Gasteiger charge is 2.08. The number of anilines is 1. The van der Waals surface area contributed by atoms with E-state index < -0.39 is 0 Å². The number of hydrogen-bond donors (Lipinski definition) is 1. The van der Waals surface area contributed by atoms with Crippen LogP contribution in [0.5, 0.6) is 5.75 Å². The first kappa shape index (κ1) is 19.9. The number of aromatic nitrogens is 1. The van der Waals surface area contributed by atoms with E-state index in [4.69, 9.17) is 4.74 Å². The second-order valence-corrected chi connectivity index (χ2v) is 7.04. The summed E-state index contributed by atoms with van der Waals surface area (Å²) in [5.74, 6) is 0.587. The third kappa shape index (κ3) is 5.82. The average molecular weight is 396 g/mol. The van der Waals surface area contributed by atoms with Gasteiger partial charge in [0.2, 0.25) is 0 Å². The lowest BCUT2D eigenvalue weighted by Crippen LogP contribution is -2.29. The number of benzene rings is 2. The fourth-order valence-corrected chi connectivity index (χ4v) is 3.42. The molecule has 0 spiro atoms. The van der Waals surface area contributed by atoms with Crippen LogP contribution in [0.3, 0.4) is 0 Å². The average Bonchev–Trinajstić information content (AvgIpc) is 3.27. The summed E-state index contributed by atoms with van der Waals surface area (Å²) in [6.07, 6.45) is 0.883. The van der Waals surface area contributed by atoms with Gasteiger partial charge in [-0.2, -0.15) is 0 Å². The van der Waals surface area contributed by atoms with Crippen molar-refractivity contribution in [2.24, 2.45) is 0 Å². The Labute approximate surface area is 170 Å². The van der Waals surface area contributed by atoms with E-state index in [9.17, 15) is 4.79 Å². The quantitative estimate of drug-likeness (QED) is 0.518. The molecule has 5 nitrogen and oxygen atoms in total. The summed E-state index contributed by atoms with van der Waals surface area (Å²) in [6.45, 7) is 5.02. The molecule has 1 amide bonds. The lowest BCUT2D eigenvalue weighted by molar-refractivity contribution is 0.0953. The van der Waals surface area contributed by atoms with Gasteiger partial charge >= 0.3 is 0 Å². The first-order valence-corrected chi connectivity index (χ1v) is 10.4. The van der Waals surface area contributed by atoms with Crippen LogP contribution in [0.25, 0.3) is 0 Å². The van der Waals surface area contributed by atoms with Crippen LogP contribution in [0.15, 0.2) is 65.5 Å². The normalized spacial score (nSPS) is 10.5. The van der Waals surface area contributed by atoms with Crippen molar-refractivity contribution < 1.29 is 9.53 Å². The number of rotatable bonds is 10. The second-order valence-electron chi connectivity index (χ2n) is 6.32. The monoisotopic (exact) mass is 395 g/mol. The number of carbonyl (C=O) groups excluding carboxylic acids is 1. The Morgan fingerprint density at radius 1 is 1.18 bits per heavy atom. The molecule has 1 N–H and O–H groups in total. The number of nitrogens with one attached hydrogen (secondary N) is 1. The molecule has 3 aromatic rings. The van der Waals surface area contributed by atoms with Crippen molar-refractivity contribution in [1.29, 1.82) is 0 Å². The molecule has 1 heterocycles. The molecule has 146 valence electrons. The van der Waals surface area contributed by atoms with Gasteiger partial charge in [-0.15, -0.1) is 11.3 Å². The number of ether oxygens (including phenoxy) is 1. The van der Waals surface area contributed by atoms with Crippen LogP contribution in [0.1, 0.15) is 29.4 Å². The van der Waals surface area contributed by atoms with Gasteiger partial charge in [-0.3, -0.25) is 4.79 Å². The fourth-order valence-electron chi connectivity index (χ4n) is 2.88. The van der Waals surface area contributed by atoms with Gasteiger partial charge in [-0.05, 0) is 43.7 Å². The van der Waals surface area contributed by atoms with Crippen LogP contribution in [-0.4, -0.2) is 30.5 Å². The maximum Gasteiger partial charge on any atom is 0.251 e. The summed E-state index contributed by atoms with van der Waals surface area (Å²) in [4.78, 5) is 18.9. The first-order valence-electron chi connectivity index (χ1n) is 9.44. The molecule has 0 aliphatic carbocycles. The van der Waals surface area contributed by atoms with Crippen LogP contribution in [-0.2, 0) is 6.61 Å². The smallest absolute Gasteiger partial charge is 0.251 e. The molecular weight excluding hydrogens is 370 g/mol. The van der Waals surface area contributed by atoms with Gasteiger partial charge in [-0.1, -0.05) is 24.3 Å².